The fourth-order valence-electron chi connectivity index (χ4n) is 2.57. The number of hydrogen-bond donors (Lipinski definition) is 2. The number of non-ortho nitro benzene ring substituents is 1. The van der Waals surface area contributed by atoms with Gasteiger partial charge in [-0.15, -0.1) is 0 Å². The fraction of sp³-hybridized carbons (Fsp3) is 0.190. The quantitative estimate of drug-likeness (QED) is 0.393. The first-order valence-corrected chi connectivity index (χ1v) is 9.17. The number of rotatable bonds is 8. The molecule has 0 aliphatic heterocycles. The normalized spacial score (nSPS) is 10.5. The van der Waals surface area contributed by atoms with E-state index >= 15 is 0 Å². The summed E-state index contributed by atoms with van der Waals surface area (Å²) in [6.45, 7) is 3.31. The molecule has 9 nitrogen and oxygen atoms in total. The van der Waals surface area contributed by atoms with Crippen molar-refractivity contribution in [3.05, 3.63) is 70.3 Å². The zero-order valence-electron chi connectivity index (χ0n) is 16.6. The number of carbonyl (C=O) groups excluding carboxylic acids is 3. The lowest BCUT2D eigenvalue weighted by atomic mass is 10.2. The number of carbonyl (C=O) groups is 3. The third kappa shape index (κ3) is 6.86. The van der Waals surface area contributed by atoms with Crippen LogP contribution in [0.4, 0.5) is 17.1 Å². The number of nitro benzene ring substituents is 1. The van der Waals surface area contributed by atoms with Gasteiger partial charge in [-0.2, -0.15) is 0 Å². The molecule has 0 bridgehead atoms. The molecule has 0 saturated carbocycles. The third-order valence-electron chi connectivity index (χ3n) is 4.02. The van der Waals surface area contributed by atoms with Gasteiger partial charge in [-0.3, -0.25) is 24.5 Å². The molecule has 0 saturated heterocycles. The number of amides is 3. The van der Waals surface area contributed by atoms with Gasteiger partial charge in [0.1, 0.15) is 6.54 Å². The number of benzene rings is 2. The molecule has 3 amide bonds. The van der Waals surface area contributed by atoms with E-state index in [9.17, 15) is 24.5 Å². The first-order chi connectivity index (χ1) is 14.3. The summed E-state index contributed by atoms with van der Waals surface area (Å²) in [6.07, 6.45) is 2.74. The van der Waals surface area contributed by atoms with Crippen LogP contribution in [-0.2, 0) is 14.4 Å². The van der Waals surface area contributed by atoms with Crippen molar-refractivity contribution in [1.29, 1.82) is 0 Å². The van der Waals surface area contributed by atoms with Crippen LogP contribution < -0.4 is 10.6 Å². The monoisotopic (exact) mass is 410 g/mol. The van der Waals surface area contributed by atoms with Crippen LogP contribution in [0.25, 0.3) is 6.08 Å². The van der Waals surface area contributed by atoms with Gasteiger partial charge in [0.2, 0.25) is 17.7 Å². The zero-order valence-corrected chi connectivity index (χ0v) is 16.6. The van der Waals surface area contributed by atoms with Crippen LogP contribution in [0.5, 0.6) is 0 Å². The molecule has 0 radical (unpaired) electrons. The Morgan fingerprint density at radius 2 is 1.70 bits per heavy atom. The second-order valence-electron chi connectivity index (χ2n) is 6.34. The Morgan fingerprint density at radius 3 is 2.27 bits per heavy atom. The molecule has 0 fully saturated rings. The van der Waals surface area contributed by atoms with Crippen molar-refractivity contribution in [2.45, 2.75) is 13.8 Å². The molecule has 156 valence electrons. The third-order valence-corrected chi connectivity index (χ3v) is 4.02. The molecule has 2 aromatic carbocycles. The maximum absolute atomic E-state index is 12.4. The highest BCUT2D eigenvalue weighted by Gasteiger charge is 2.14. The van der Waals surface area contributed by atoms with E-state index in [0.29, 0.717) is 23.5 Å². The van der Waals surface area contributed by atoms with Crippen LogP contribution in [0.1, 0.15) is 19.4 Å². The molecule has 2 rings (SSSR count). The van der Waals surface area contributed by atoms with Crippen molar-refractivity contribution < 1.29 is 19.3 Å². The Morgan fingerprint density at radius 1 is 1.07 bits per heavy atom. The van der Waals surface area contributed by atoms with Crippen molar-refractivity contribution in [2.75, 3.05) is 23.7 Å². The summed E-state index contributed by atoms with van der Waals surface area (Å²) in [5, 5.41) is 16.1. The predicted molar refractivity (Wildman–Crippen MR) is 114 cm³/mol. The molecule has 9 heteroatoms. The highest BCUT2D eigenvalue weighted by atomic mass is 16.6. The molecule has 0 unspecified atom stereocenters. The lowest BCUT2D eigenvalue weighted by Gasteiger charge is -2.18. The van der Waals surface area contributed by atoms with Gasteiger partial charge in [-0.25, -0.2) is 0 Å². The Kier molecular flexibility index (Phi) is 7.81. The highest BCUT2D eigenvalue weighted by molar-refractivity contribution is 5.98. The van der Waals surface area contributed by atoms with Crippen LogP contribution in [0, 0.1) is 10.1 Å². The van der Waals surface area contributed by atoms with Gasteiger partial charge in [0.05, 0.1) is 4.92 Å². The molecule has 2 aromatic rings. The number of nitrogens with zero attached hydrogens (tertiary/aromatic N) is 2. The largest absolute Gasteiger partial charge is 0.330 e. The number of hydrogen-bond acceptors (Lipinski definition) is 5. The van der Waals surface area contributed by atoms with Crippen LogP contribution in [0.3, 0.4) is 0 Å². The Labute approximate surface area is 173 Å². The van der Waals surface area contributed by atoms with Gasteiger partial charge in [0.25, 0.3) is 5.69 Å². The minimum atomic E-state index is -0.509. The van der Waals surface area contributed by atoms with E-state index in [1.165, 1.54) is 42.2 Å². The Balaban J connectivity index is 1.95. The van der Waals surface area contributed by atoms with E-state index in [1.807, 2.05) is 0 Å². The maximum atomic E-state index is 12.4. The van der Waals surface area contributed by atoms with Crippen molar-refractivity contribution >= 4 is 40.9 Å². The Bertz CT molecular complexity index is 970. The van der Waals surface area contributed by atoms with Gasteiger partial charge in [0.15, 0.2) is 0 Å². The summed E-state index contributed by atoms with van der Waals surface area (Å²) in [6, 6.07) is 12.5. The van der Waals surface area contributed by atoms with Gasteiger partial charge in [0, 0.05) is 43.1 Å². The minimum Gasteiger partial charge on any atom is -0.330 e. The second-order valence-corrected chi connectivity index (χ2v) is 6.34. The van der Waals surface area contributed by atoms with E-state index in [2.05, 4.69) is 10.6 Å². The van der Waals surface area contributed by atoms with Crippen molar-refractivity contribution in [3.8, 4) is 0 Å². The summed E-state index contributed by atoms with van der Waals surface area (Å²) in [5.41, 5.74) is 1.58. The Hall–Kier alpha value is -4.01. The topological polar surface area (TPSA) is 122 Å². The van der Waals surface area contributed by atoms with E-state index < -0.39 is 4.92 Å². The van der Waals surface area contributed by atoms with Crippen molar-refractivity contribution in [3.63, 3.8) is 0 Å². The lowest BCUT2D eigenvalue weighted by Crippen LogP contribution is -2.36. The van der Waals surface area contributed by atoms with Gasteiger partial charge in [-0.1, -0.05) is 12.1 Å². The molecule has 0 atom stereocenters. The summed E-state index contributed by atoms with van der Waals surface area (Å²) in [4.78, 5) is 47.3. The van der Waals surface area contributed by atoms with Crippen LogP contribution in [0.15, 0.2) is 54.6 Å². The number of nitro groups is 1. The summed E-state index contributed by atoms with van der Waals surface area (Å²) < 4.78 is 0. The molecule has 0 aromatic heterocycles. The zero-order chi connectivity index (χ0) is 22.1. The molecule has 0 spiro atoms. The summed E-state index contributed by atoms with van der Waals surface area (Å²) in [7, 11) is 0. The number of nitrogens with one attached hydrogen (secondary N) is 2. The molecule has 2 N–H and O–H groups in total. The summed E-state index contributed by atoms with van der Waals surface area (Å²) >= 11 is 0. The van der Waals surface area contributed by atoms with E-state index in [1.54, 1.807) is 37.3 Å². The molecule has 30 heavy (non-hydrogen) atoms. The lowest BCUT2D eigenvalue weighted by molar-refractivity contribution is -0.384. The molecule has 0 aliphatic rings. The van der Waals surface area contributed by atoms with Crippen molar-refractivity contribution in [2.24, 2.45) is 0 Å². The molecular formula is C21H22N4O5. The van der Waals surface area contributed by atoms with E-state index in [4.69, 9.17) is 0 Å². The van der Waals surface area contributed by atoms with E-state index in [-0.39, 0.29) is 30.0 Å². The molecule has 0 aliphatic carbocycles. The van der Waals surface area contributed by atoms with Crippen LogP contribution >= 0.6 is 0 Å². The average Bonchev–Trinajstić information content (AvgIpc) is 2.71. The van der Waals surface area contributed by atoms with Gasteiger partial charge >= 0.3 is 0 Å². The smallest absolute Gasteiger partial charge is 0.270 e. The highest BCUT2D eigenvalue weighted by Crippen LogP contribution is 2.15. The van der Waals surface area contributed by atoms with Gasteiger partial charge in [-0.05, 0) is 42.8 Å². The fourth-order valence-corrected chi connectivity index (χ4v) is 2.57. The van der Waals surface area contributed by atoms with Crippen molar-refractivity contribution in [1.82, 2.24) is 4.90 Å². The predicted octanol–water partition coefficient (Wildman–Crippen LogP) is 3.05. The first kappa shape index (κ1) is 22.3. The number of likely N-dealkylation sites (N-methyl/N-ethyl adjacent to an activating group) is 1. The minimum absolute atomic E-state index is 0.0687. The summed E-state index contributed by atoms with van der Waals surface area (Å²) in [5.74, 6) is -0.955. The number of anilines is 2. The maximum Gasteiger partial charge on any atom is 0.270 e. The van der Waals surface area contributed by atoms with E-state index in [0.717, 1.165) is 0 Å². The molecular weight excluding hydrogens is 388 g/mol. The second kappa shape index (κ2) is 10.5. The van der Waals surface area contributed by atoms with Gasteiger partial charge < -0.3 is 15.5 Å². The van der Waals surface area contributed by atoms with Crippen LogP contribution in [0.2, 0.25) is 0 Å². The standard InChI is InChI=1S/C21H22N4O5/c1-3-24(21(28)12-7-16-5-4-6-19(13-16)25(29)30)14-20(27)23-18-10-8-17(9-11-18)22-15(2)26/h4-13H,3,14H2,1-2H3,(H,22,26)(H,23,27). The SMILES string of the molecule is CCN(CC(=O)Nc1ccc(NC(C)=O)cc1)C(=O)C=Cc1cccc([N+](=O)[O-])c1. The first-order valence-electron chi connectivity index (χ1n) is 9.17. The van der Waals surface area contributed by atoms with Crippen LogP contribution in [-0.4, -0.2) is 40.6 Å². The average molecular weight is 410 g/mol. The molecule has 0 heterocycles.